The number of hydrogen-bond acceptors (Lipinski definition) is 6. The molecule has 7 heteroatoms. The number of rotatable bonds is 6. The first-order valence-electron chi connectivity index (χ1n) is 6.92. The lowest BCUT2D eigenvalue weighted by molar-refractivity contribution is -0.385. The molecule has 0 radical (unpaired) electrons. The van der Waals surface area contributed by atoms with Crippen molar-refractivity contribution in [1.82, 2.24) is 4.98 Å². The molecule has 1 aromatic heterocycles. The van der Waals surface area contributed by atoms with Gasteiger partial charge in [0.2, 0.25) is 0 Å². The van der Waals surface area contributed by atoms with Crippen molar-refractivity contribution < 1.29 is 19.1 Å². The molecule has 0 bridgehead atoms. The van der Waals surface area contributed by atoms with E-state index < -0.39 is 4.92 Å². The summed E-state index contributed by atoms with van der Waals surface area (Å²) < 4.78 is 16.2. The number of methoxy groups -OCH3 is 2. The fourth-order valence-corrected chi connectivity index (χ4v) is 2.25. The molecule has 2 rings (SSSR count). The minimum atomic E-state index is -0.481. The Balaban J connectivity index is 2.27. The molecular formula is C16H18N2O5. The van der Waals surface area contributed by atoms with E-state index in [2.05, 4.69) is 4.98 Å². The minimum absolute atomic E-state index is 0.0630. The summed E-state index contributed by atoms with van der Waals surface area (Å²) in [6, 6.07) is 4.20. The van der Waals surface area contributed by atoms with Crippen LogP contribution in [0.3, 0.4) is 0 Å². The highest BCUT2D eigenvalue weighted by Gasteiger charge is 2.15. The maximum Gasteiger partial charge on any atom is 0.273 e. The van der Waals surface area contributed by atoms with E-state index in [9.17, 15) is 10.1 Å². The van der Waals surface area contributed by atoms with Crippen LogP contribution in [0.15, 0.2) is 24.4 Å². The zero-order valence-corrected chi connectivity index (χ0v) is 13.5. The first kappa shape index (κ1) is 16.5. The van der Waals surface area contributed by atoms with Gasteiger partial charge in [-0.25, -0.2) is 0 Å². The normalized spacial score (nSPS) is 10.3. The number of hydrogen-bond donors (Lipinski definition) is 0. The Kier molecular flexibility index (Phi) is 5.00. The van der Waals surface area contributed by atoms with Gasteiger partial charge in [-0.15, -0.1) is 0 Å². The number of nitro groups is 1. The average molecular weight is 318 g/mol. The number of ether oxygens (including phenoxy) is 3. The molecule has 1 aromatic carbocycles. The van der Waals surface area contributed by atoms with E-state index in [-0.39, 0.29) is 12.3 Å². The van der Waals surface area contributed by atoms with E-state index >= 15 is 0 Å². The van der Waals surface area contributed by atoms with Crippen LogP contribution in [0.1, 0.15) is 16.8 Å². The van der Waals surface area contributed by atoms with Crippen molar-refractivity contribution in [2.75, 3.05) is 14.2 Å². The summed E-state index contributed by atoms with van der Waals surface area (Å²) >= 11 is 0. The van der Waals surface area contributed by atoms with Crippen LogP contribution in [-0.4, -0.2) is 24.1 Å². The van der Waals surface area contributed by atoms with Gasteiger partial charge in [-0.2, -0.15) is 0 Å². The molecule has 1 heterocycles. The van der Waals surface area contributed by atoms with Crippen molar-refractivity contribution in [3.63, 3.8) is 0 Å². The predicted molar refractivity (Wildman–Crippen MR) is 84.2 cm³/mol. The second-order valence-electron chi connectivity index (χ2n) is 4.93. The molecule has 0 saturated carbocycles. The van der Waals surface area contributed by atoms with Crippen LogP contribution in [0, 0.1) is 24.0 Å². The maximum absolute atomic E-state index is 10.9. The number of nitrogens with zero attached hydrogens (tertiary/aromatic N) is 2. The number of benzene rings is 1. The fraction of sp³-hybridized carbons (Fsp3) is 0.312. The van der Waals surface area contributed by atoms with Crippen molar-refractivity contribution in [2.24, 2.45) is 0 Å². The van der Waals surface area contributed by atoms with E-state index in [1.54, 1.807) is 13.3 Å². The third-order valence-corrected chi connectivity index (χ3v) is 3.47. The van der Waals surface area contributed by atoms with E-state index in [1.165, 1.54) is 25.3 Å². The highest BCUT2D eigenvalue weighted by Crippen LogP contribution is 2.32. The van der Waals surface area contributed by atoms with E-state index in [4.69, 9.17) is 14.2 Å². The number of nitro benzene ring substituents is 1. The molecule has 23 heavy (non-hydrogen) atoms. The second kappa shape index (κ2) is 6.95. The average Bonchev–Trinajstić information content (AvgIpc) is 2.54. The summed E-state index contributed by atoms with van der Waals surface area (Å²) in [5, 5.41) is 10.9. The smallest absolute Gasteiger partial charge is 0.273 e. The van der Waals surface area contributed by atoms with Gasteiger partial charge in [-0.05, 0) is 19.9 Å². The molecule has 0 fully saturated rings. The predicted octanol–water partition coefficient (Wildman–Crippen LogP) is 3.20. The van der Waals surface area contributed by atoms with E-state index in [0.29, 0.717) is 17.2 Å². The molecule has 0 amide bonds. The lowest BCUT2D eigenvalue weighted by Crippen LogP contribution is -2.05. The Bertz CT molecular complexity index is 731. The zero-order chi connectivity index (χ0) is 17.0. The highest BCUT2D eigenvalue weighted by atomic mass is 16.6. The van der Waals surface area contributed by atoms with Crippen LogP contribution >= 0.6 is 0 Å². The summed E-state index contributed by atoms with van der Waals surface area (Å²) in [6.07, 6.45) is 1.70. The topological polar surface area (TPSA) is 83.7 Å². The molecule has 7 nitrogen and oxygen atoms in total. The SMILES string of the molecule is COc1ccc([N+](=O)[O-])cc1OCc1ncc(C)c(OC)c1C. The number of aryl methyl sites for hydroxylation is 1. The molecule has 0 aliphatic rings. The Hall–Kier alpha value is -2.83. The Labute approximate surface area is 134 Å². The van der Waals surface area contributed by atoms with Crippen molar-refractivity contribution in [2.45, 2.75) is 20.5 Å². The molecule has 0 spiro atoms. The van der Waals surface area contributed by atoms with Gasteiger partial charge >= 0.3 is 0 Å². The van der Waals surface area contributed by atoms with Gasteiger partial charge in [0.1, 0.15) is 12.4 Å². The van der Waals surface area contributed by atoms with Crippen LogP contribution in [0.4, 0.5) is 5.69 Å². The Morgan fingerprint density at radius 1 is 1.17 bits per heavy atom. The zero-order valence-electron chi connectivity index (χ0n) is 13.5. The summed E-state index contributed by atoms with van der Waals surface area (Å²) in [5.74, 6) is 1.47. The lowest BCUT2D eigenvalue weighted by atomic mass is 10.1. The van der Waals surface area contributed by atoms with Crippen LogP contribution < -0.4 is 14.2 Å². The van der Waals surface area contributed by atoms with Gasteiger partial charge in [0.15, 0.2) is 11.5 Å². The minimum Gasteiger partial charge on any atom is -0.496 e. The molecule has 2 aromatic rings. The highest BCUT2D eigenvalue weighted by molar-refractivity contribution is 5.49. The van der Waals surface area contributed by atoms with Crippen LogP contribution in [0.5, 0.6) is 17.2 Å². The van der Waals surface area contributed by atoms with Gasteiger partial charge in [-0.1, -0.05) is 0 Å². The van der Waals surface area contributed by atoms with E-state index in [1.807, 2.05) is 13.8 Å². The standard InChI is InChI=1S/C16H18N2O5/c1-10-8-17-13(11(2)16(10)22-4)9-23-15-7-12(18(19)20)5-6-14(15)21-3/h5-8H,9H2,1-4H3. The van der Waals surface area contributed by atoms with Crippen molar-refractivity contribution in [3.8, 4) is 17.2 Å². The monoisotopic (exact) mass is 318 g/mol. The first-order valence-corrected chi connectivity index (χ1v) is 6.92. The number of non-ortho nitro benzene ring substituents is 1. The molecule has 0 atom stereocenters. The molecule has 0 aliphatic heterocycles. The molecule has 0 aliphatic carbocycles. The molecule has 122 valence electrons. The largest absolute Gasteiger partial charge is 0.496 e. The molecule has 0 saturated heterocycles. The molecule has 0 unspecified atom stereocenters. The van der Waals surface area contributed by atoms with Crippen molar-refractivity contribution in [1.29, 1.82) is 0 Å². The Morgan fingerprint density at radius 3 is 2.52 bits per heavy atom. The van der Waals surface area contributed by atoms with Gasteiger partial charge in [0.25, 0.3) is 5.69 Å². The first-order chi connectivity index (χ1) is 11.0. The summed E-state index contributed by atoms with van der Waals surface area (Å²) in [4.78, 5) is 14.7. The van der Waals surface area contributed by atoms with E-state index in [0.717, 1.165) is 16.9 Å². The number of pyridine rings is 1. The summed E-state index contributed by atoms with van der Waals surface area (Å²) in [7, 11) is 3.08. The van der Waals surface area contributed by atoms with Crippen molar-refractivity contribution in [3.05, 3.63) is 51.3 Å². The third-order valence-electron chi connectivity index (χ3n) is 3.47. The number of aromatic nitrogens is 1. The quantitative estimate of drug-likeness (QED) is 0.600. The molecular weight excluding hydrogens is 300 g/mol. The van der Waals surface area contributed by atoms with Gasteiger partial charge < -0.3 is 14.2 Å². The third kappa shape index (κ3) is 3.50. The maximum atomic E-state index is 10.9. The van der Waals surface area contributed by atoms with Crippen LogP contribution in [0.2, 0.25) is 0 Å². The van der Waals surface area contributed by atoms with Gasteiger partial charge in [-0.3, -0.25) is 15.1 Å². The van der Waals surface area contributed by atoms with Gasteiger partial charge in [0, 0.05) is 23.4 Å². The van der Waals surface area contributed by atoms with Crippen LogP contribution in [-0.2, 0) is 6.61 Å². The second-order valence-corrected chi connectivity index (χ2v) is 4.93. The van der Waals surface area contributed by atoms with Crippen LogP contribution in [0.25, 0.3) is 0 Å². The summed E-state index contributed by atoms with van der Waals surface area (Å²) in [6.45, 7) is 3.95. The fourth-order valence-electron chi connectivity index (χ4n) is 2.25. The summed E-state index contributed by atoms with van der Waals surface area (Å²) in [5.41, 5.74) is 2.44. The van der Waals surface area contributed by atoms with Gasteiger partial charge in [0.05, 0.1) is 30.9 Å². The van der Waals surface area contributed by atoms with Crippen molar-refractivity contribution >= 4 is 5.69 Å². The molecule has 0 N–H and O–H groups in total. The Morgan fingerprint density at radius 2 is 1.91 bits per heavy atom. The lowest BCUT2D eigenvalue weighted by Gasteiger charge is -2.14.